The Morgan fingerprint density at radius 3 is 2.96 bits per heavy atom. The fourth-order valence-electron chi connectivity index (χ4n) is 2.77. The second kappa shape index (κ2) is 10.0. The van der Waals surface area contributed by atoms with Crippen LogP contribution in [0.4, 0.5) is 5.69 Å². The van der Waals surface area contributed by atoms with Gasteiger partial charge in [0.15, 0.2) is 5.96 Å². The molecule has 0 aromatic heterocycles. The minimum atomic E-state index is 0. The first-order chi connectivity index (χ1) is 10.6. The minimum Gasteiger partial charge on any atom is -0.371 e. The predicted molar refractivity (Wildman–Crippen MR) is 111 cm³/mol. The van der Waals surface area contributed by atoms with Gasteiger partial charge in [-0.2, -0.15) is 0 Å². The Balaban J connectivity index is 0.00000264. The standard InChI is InChI=1S/C17H25ClN4.HI/c1-4-8-20-17(19-3)21-11-14-7-9-22(12-14)16-10-15(18)6-5-13(16)2;/h4-6,10,14H,1,7-9,11-12H2,2-3H3,(H2,19,20,21);1H. The van der Waals surface area contributed by atoms with E-state index in [-0.39, 0.29) is 24.0 Å². The highest BCUT2D eigenvalue weighted by atomic mass is 127. The lowest BCUT2D eigenvalue weighted by atomic mass is 10.1. The van der Waals surface area contributed by atoms with E-state index in [1.54, 1.807) is 7.05 Å². The van der Waals surface area contributed by atoms with Crippen LogP contribution in [0.15, 0.2) is 35.8 Å². The summed E-state index contributed by atoms with van der Waals surface area (Å²) in [5, 5.41) is 7.38. The molecular formula is C17H26ClIN4. The van der Waals surface area contributed by atoms with E-state index >= 15 is 0 Å². The Bertz CT molecular complexity index is 547. The molecule has 0 spiro atoms. The van der Waals surface area contributed by atoms with Crippen molar-refractivity contribution in [2.45, 2.75) is 13.3 Å². The molecule has 128 valence electrons. The van der Waals surface area contributed by atoms with E-state index in [4.69, 9.17) is 11.6 Å². The monoisotopic (exact) mass is 448 g/mol. The summed E-state index contributed by atoms with van der Waals surface area (Å²) in [7, 11) is 1.79. The van der Waals surface area contributed by atoms with Gasteiger partial charge < -0.3 is 15.5 Å². The topological polar surface area (TPSA) is 39.7 Å². The van der Waals surface area contributed by atoms with Crippen LogP contribution in [0.5, 0.6) is 0 Å². The van der Waals surface area contributed by atoms with Gasteiger partial charge in [0.1, 0.15) is 0 Å². The normalized spacial score (nSPS) is 17.6. The van der Waals surface area contributed by atoms with Gasteiger partial charge in [-0.1, -0.05) is 23.7 Å². The number of nitrogens with zero attached hydrogens (tertiary/aromatic N) is 2. The first kappa shape index (κ1) is 20.1. The number of rotatable bonds is 5. The van der Waals surface area contributed by atoms with Gasteiger partial charge in [0.2, 0.25) is 0 Å². The summed E-state index contributed by atoms with van der Waals surface area (Å²) in [5.74, 6) is 1.44. The Hall–Kier alpha value is -0.950. The summed E-state index contributed by atoms with van der Waals surface area (Å²) in [5.41, 5.74) is 2.53. The smallest absolute Gasteiger partial charge is 0.191 e. The van der Waals surface area contributed by atoms with Crippen molar-refractivity contribution >= 4 is 47.2 Å². The molecule has 1 aromatic rings. The molecule has 0 radical (unpaired) electrons. The van der Waals surface area contributed by atoms with Crippen LogP contribution in [0.25, 0.3) is 0 Å². The van der Waals surface area contributed by atoms with Crippen LogP contribution in [-0.4, -0.2) is 39.2 Å². The molecule has 23 heavy (non-hydrogen) atoms. The fraction of sp³-hybridized carbons (Fsp3) is 0.471. The van der Waals surface area contributed by atoms with Crippen LogP contribution in [0.3, 0.4) is 0 Å². The molecule has 2 N–H and O–H groups in total. The van der Waals surface area contributed by atoms with Gasteiger partial charge in [-0.3, -0.25) is 4.99 Å². The Morgan fingerprint density at radius 1 is 1.48 bits per heavy atom. The minimum absolute atomic E-state index is 0. The number of benzene rings is 1. The molecule has 1 fully saturated rings. The number of aliphatic imine (C=N–C) groups is 1. The largest absolute Gasteiger partial charge is 0.371 e. The number of guanidine groups is 1. The van der Waals surface area contributed by atoms with Crippen molar-refractivity contribution in [2.24, 2.45) is 10.9 Å². The molecule has 1 aliphatic rings. The lowest BCUT2D eigenvalue weighted by molar-refractivity contribution is 0.567. The third-order valence-electron chi connectivity index (χ3n) is 3.99. The molecule has 0 saturated carbocycles. The summed E-state index contributed by atoms with van der Waals surface area (Å²) in [6.45, 7) is 9.61. The van der Waals surface area contributed by atoms with Crippen molar-refractivity contribution in [1.82, 2.24) is 10.6 Å². The van der Waals surface area contributed by atoms with Crippen LogP contribution in [0.1, 0.15) is 12.0 Å². The molecule has 1 aromatic carbocycles. The summed E-state index contributed by atoms with van der Waals surface area (Å²) in [6.07, 6.45) is 3.00. The van der Waals surface area contributed by atoms with Crippen molar-refractivity contribution in [2.75, 3.05) is 38.1 Å². The van der Waals surface area contributed by atoms with Gasteiger partial charge in [-0.05, 0) is 37.0 Å². The highest BCUT2D eigenvalue weighted by Gasteiger charge is 2.23. The van der Waals surface area contributed by atoms with Crippen molar-refractivity contribution < 1.29 is 0 Å². The fourth-order valence-corrected chi connectivity index (χ4v) is 2.94. The second-order valence-electron chi connectivity index (χ2n) is 5.65. The Labute approximate surface area is 161 Å². The first-order valence-electron chi connectivity index (χ1n) is 7.70. The number of nitrogens with one attached hydrogen (secondary N) is 2. The van der Waals surface area contributed by atoms with Crippen LogP contribution < -0.4 is 15.5 Å². The van der Waals surface area contributed by atoms with E-state index in [9.17, 15) is 0 Å². The zero-order valence-corrected chi connectivity index (χ0v) is 16.9. The zero-order chi connectivity index (χ0) is 15.9. The Morgan fingerprint density at radius 2 is 2.26 bits per heavy atom. The lowest BCUT2D eigenvalue weighted by Crippen LogP contribution is -2.40. The number of hydrogen-bond donors (Lipinski definition) is 2. The number of aryl methyl sites for hydroxylation is 1. The van der Waals surface area contributed by atoms with Crippen molar-refractivity contribution in [1.29, 1.82) is 0 Å². The molecule has 0 amide bonds. The molecule has 0 bridgehead atoms. The van der Waals surface area contributed by atoms with E-state index in [1.165, 1.54) is 17.7 Å². The second-order valence-corrected chi connectivity index (χ2v) is 6.09. The molecule has 2 rings (SSSR count). The van der Waals surface area contributed by atoms with Crippen LogP contribution >= 0.6 is 35.6 Å². The quantitative estimate of drug-likeness (QED) is 0.314. The summed E-state index contributed by atoms with van der Waals surface area (Å²) in [6, 6.07) is 6.10. The van der Waals surface area contributed by atoms with E-state index in [2.05, 4.69) is 46.2 Å². The lowest BCUT2D eigenvalue weighted by Gasteiger charge is -2.21. The molecule has 1 heterocycles. The third kappa shape index (κ3) is 5.88. The summed E-state index contributed by atoms with van der Waals surface area (Å²) >= 11 is 6.13. The maximum atomic E-state index is 6.13. The number of halogens is 2. The van der Waals surface area contributed by atoms with Gasteiger partial charge in [0.25, 0.3) is 0 Å². The molecule has 1 saturated heterocycles. The Kier molecular flexibility index (Phi) is 8.76. The van der Waals surface area contributed by atoms with Crippen LogP contribution in [0.2, 0.25) is 5.02 Å². The molecule has 1 atom stereocenters. The summed E-state index contributed by atoms with van der Waals surface area (Å²) in [4.78, 5) is 6.63. The van der Waals surface area contributed by atoms with Crippen molar-refractivity contribution in [3.63, 3.8) is 0 Å². The maximum Gasteiger partial charge on any atom is 0.191 e. The van der Waals surface area contributed by atoms with Gasteiger partial charge in [0, 0.05) is 43.9 Å². The van der Waals surface area contributed by atoms with Gasteiger partial charge in [-0.15, -0.1) is 30.6 Å². The highest BCUT2D eigenvalue weighted by molar-refractivity contribution is 14.0. The van der Waals surface area contributed by atoms with Gasteiger partial charge in [0.05, 0.1) is 0 Å². The molecule has 1 unspecified atom stereocenters. The predicted octanol–water partition coefficient (Wildman–Crippen LogP) is 3.44. The van der Waals surface area contributed by atoms with Crippen LogP contribution in [0, 0.1) is 12.8 Å². The van der Waals surface area contributed by atoms with E-state index < -0.39 is 0 Å². The molecule has 6 heteroatoms. The SMILES string of the molecule is C=CCNC(=NC)NCC1CCN(c2cc(Cl)ccc2C)C1.I. The number of hydrogen-bond acceptors (Lipinski definition) is 2. The molecule has 4 nitrogen and oxygen atoms in total. The van der Waals surface area contributed by atoms with E-state index in [0.29, 0.717) is 5.92 Å². The molecule has 1 aliphatic heterocycles. The van der Waals surface area contributed by atoms with Gasteiger partial charge >= 0.3 is 0 Å². The molecular weight excluding hydrogens is 423 g/mol. The van der Waals surface area contributed by atoms with Gasteiger partial charge in [-0.25, -0.2) is 0 Å². The third-order valence-corrected chi connectivity index (χ3v) is 4.23. The average molecular weight is 449 g/mol. The first-order valence-corrected chi connectivity index (χ1v) is 8.08. The highest BCUT2D eigenvalue weighted by Crippen LogP contribution is 2.29. The van der Waals surface area contributed by atoms with Crippen molar-refractivity contribution in [3.05, 3.63) is 41.4 Å². The molecule has 0 aliphatic carbocycles. The average Bonchev–Trinajstić information content (AvgIpc) is 2.98. The zero-order valence-electron chi connectivity index (χ0n) is 13.8. The van der Waals surface area contributed by atoms with Crippen molar-refractivity contribution in [3.8, 4) is 0 Å². The summed E-state index contributed by atoms with van der Waals surface area (Å²) < 4.78 is 0. The van der Waals surface area contributed by atoms with E-state index in [1.807, 2.05) is 12.1 Å². The van der Waals surface area contributed by atoms with Crippen LogP contribution in [-0.2, 0) is 0 Å². The maximum absolute atomic E-state index is 6.13. The van der Waals surface area contributed by atoms with E-state index in [0.717, 1.165) is 37.2 Å². The number of anilines is 1.